The SMILES string of the molecule is CN(C=O)C[C@H](O)CN1[C@@H]2CCC[C@H]1CC2. The van der Waals surface area contributed by atoms with Gasteiger partial charge in [0.2, 0.25) is 6.41 Å². The highest BCUT2D eigenvalue weighted by molar-refractivity contribution is 5.46. The van der Waals surface area contributed by atoms with Crippen LogP contribution in [0.2, 0.25) is 0 Å². The van der Waals surface area contributed by atoms with E-state index in [1.807, 2.05) is 0 Å². The van der Waals surface area contributed by atoms with Crippen molar-refractivity contribution >= 4 is 6.41 Å². The van der Waals surface area contributed by atoms with Gasteiger partial charge in [-0.1, -0.05) is 6.42 Å². The summed E-state index contributed by atoms with van der Waals surface area (Å²) >= 11 is 0. The zero-order chi connectivity index (χ0) is 11.5. The average molecular weight is 226 g/mol. The predicted octanol–water partition coefficient (Wildman–Crippen LogP) is 0.452. The van der Waals surface area contributed by atoms with Crippen LogP contribution in [0.1, 0.15) is 32.1 Å². The van der Waals surface area contributed by atoms with E-state index in [4.69, 9.17) is 0 Å². The Bertz CT molecular complexity index is 231. The van der Waals surface area contributed by atoms with Crippen molar-refractivity contribution in [2.45, 2.75) is 50.3 Å². The van der Waals surface area contributed by atoms with Gasteiger partial charge in [-0.3, -0.25) is 9.69 Å². The lowest BCUT2D eigenvalue weighted by Gasteiger charge is -2.36. The minimum Gasteiger partial charge on any atom is -0.390 e. The van der Waals surface area contributed by atoms with Gasteiger partial charge in [0.05, 0.1) is 6.10 Å². The van der Waals surface area contributed by atoms with Crippen LogP contribution in [0.3, 0.4) is 0 Å². The second-order valence-electron chi connectivity index (χ2n) is 5.21. The van der Waals surface area contributed by atoms with Crippen LogP contribution in [0.15, 0.2) is 0 Å². The van der Waals surface area contributed by atoms with E-state index >= 15 is 0 Å². The highest BCUT2D eigenvalue weighted by atomic mass is 16.3. The van der Waals surface area contributed by atoms with Crippen molar-refractivity contribution in [2.75, 3.05) is 20.1 Å². The fourth-order valence-corrected chi connectivity index (χ4v) is 3.20. The van der Waals surface area contributed by atoms with Gasteiger partial charge in [-0.2, -0.15) is 0 Å². The number of nitrogens with zero attached hydrogens (tertiary/aromatic N) is 2. The zero-order valence-corrected chi connectivity index (χ0v) is 10.0. The molecule has 3 atom stereocenters. The topological polar surface area (TPSA) is 43.8 Å². The van der Waals surface area contributed by atoms with Gasteiger partial charge >= 0.3 is 0 Å². The summed E-state index contributed by atoms with van der Waals surface area (Å²) in [6.07, 6.45) is 6.86. The van der Waals surface area contributed by atoms with Gasteiger partial charge in [0.15, 0.2) is 0 Å². The molecule has 0 aromatic heterocycles. The Labute approximate surface area is 97.2 Å². The molecule has 0 unspecified atom stereocenters. The van der Waals surface area contributed by atoms with Crippen LogP contribution in [0, 0.1) is 0 Å². The van der Waals surface area contributed by atoms with Crippen molar-refractivity contribution in [3.8, 4) is 0 Å². The van der Waals surface area contributed by atoms with Crippen LogP contribution < -0.4 is 0 Å². The molecule has 4 heteroatoms. The number of likely N-dealkylation sites (N-methyl/N-ethyl adjacent to an activating group) is 1. The molecule has 16 heavy (non-hydrogen) atoms. The lowest BCUT2D eigenvalue weighted by atomic mass is 10.0. The molecule has 2 rings (SSSR count). The molecule has 2 aliphatic rings. The van der Waals surface area contributed by atoms with E-state index in [0.29, 0.717) is 18.6 Å². The molecule has 0 aromatic rings. The largest absolute Gasteiger partial charge is 0.390 e. The standard InChI is InChI=1S/C12H22N2O2/c1-13(9-15)7-12(16)8-14-10-3-2-4-11(14)6-5-10/h9-12,16H,2-8H2,1H3/t10-,11+,12-/m0/s1. The van der Waals surface area contributed by atoms with Crippen molar-refractivity contribution in [1.82, 2.24) is 9.80 Å². The van der Waals surface area contributed by atoms with Crippen LogP contribution in [0.25, 0.3) is 0 Å². The monoisotopic (exact) mass is 226 g/mol. The first-order chi connectivity index (χ1) is 7.70. The third-order valence-corrected chi connectivity index (χ3v) is 3.95. The summed E-state index contributed by atoms with van der Waals surface area (Å²) in [5.41, 5.74) is 0. The van der Waals surface area contributed by atoms with Crippen LogP contribution in [-0.4, -0.2) is 59.6 Å². The number of carbonyl (C=O) groups excluding carboxylic acids is 1. The summed E-state index contributed by atoms with van der Waals surface area (Å²) in [6, 6.07) is 1.38. The summed E-state index contributed by atoms with van der Waals surface area (Å²) in [5.74, 6) is 0. The molecule has 0 aromatic carbocycles. The number of amides is 1. The summed E-state index contributed by atoms with van der Waals surface area (Å²) in [7, 11) is 1.71. The molecule has 92 valence electrons. The fourth-order valence-electron chi connectivity index (χ4n) is 3.20. The van der Waals surface area contributed by atoms with E-state index in [1.54, 1.807) is 7.05 Å². The molecule has 0 saturated carbocycles. The second kappa shape index (κ2) is 5.15. The molecule has 2 saturated heterocycles. The predicted molar refractivity (Wildman–Crippen MR) is 62.1 cm³/mol. The van der Waals surface area contributed by atoms with E-state index in [2.05, 4.69) is 4.90 Å². The van der Waals surface area contributed by atoms with Crippen LogP contribution in [0.5, 0.6) is 0 Å². The number of fused-ring (bicyclic) bond motifs is 2. The molecule has 2 bridgehead atoms. The molecule has 1 amide bonds. The van der Waals surface area contributed by atoms with Crippen molar-refractivity contribution in [3.63, 3.8) is 0 Å². The first kappa shape index (κ1) is 11.9. The van der Waals surface area contributed by atoms with Gasteiger partial charge in [-0.05, 0) is 25.7 Å². The third kappa shape index (κ3) is 2.55. The van der Waals surface area contributed by atoms with Gasteiger partial charge < -0.3 is 10.0 Å². The Morgan fingerprint density at radius 1 is 1.38 bits per heavy atom. The Morgan fingerprint density at radius 3 is 2.56 bits per heavy atom. The number of rotatable bonds is 5. The van der Waals surface area contributed by atoms with Gasteiger partial charge in [-0.15, -0.1) is 0 Å². The third-order valence-electron chi connectivity index (χ3n) is 3.95. The number of hydrogen-bond donors (Lipinski definition) is 1. The Hall–Kier alpha value is -0.610. The molecular formula is C12H22N2O2. The second-order valence-corrected chi connectivity index (χ2v) is 5.21. The normalized spacial score (nSPS) is 31.4. The Kier molecular flexibility index (Phi) is 3.82. The van der Waals surface area contributed by atoms with Crippen LogP contribution in [0.4, 0.5) is 0 Å². The maximum atomic E-state index is 10.5. The summed E-state index contributed by atoms with van der Waals surface area (Å²) in [5, 5.41) is 9.92. The van der Waals surface area contributed by atoms with E-state index < -0.39 is 6.10 Å². The Balaban J connectivity index is 1.82. The van der Waals surface area contributed by atoms with Crippen molar-refractivity contribution in [3.05, 3.63) is 0 Å². The minimum absolute atomic E-state index is 0.406. The molecule has 1 N–H and O–H groups in total. The minimum atomic E-state index is -0.406. The summed E-state index contributed by atoms with van der Waals surface area (Å²) < 4.78 is 0. The van der Waals surface area contributed by atoms with E-state index in [-0.39, 0.29) is 0 Å². The molecule has 4 nitrogen and oxygen atoms in total. The summed E-state index contributed by atoms with van der Waals surface area (Å²) in [4.78, 5) is 14.5. The molecule has 2 fully saturated rings. The van der Waals surface area contributed by atoms with Gasteiger partial charge in [0, 0.05) is 32.2 Å². The average Bonchev–Trinajstić information content (AvgIpc) is 2.52. The smallest absolute Gasteiger partial charge is 0.209 e. The van der Waals surface area contributed by atoms with Crippen molar-refractivity contribution in [1.29, 1.82) is 0 Å². The number of piperidine rings is 1. The molecule has 2 heterocycles. The maximum absolute atomic E-state index is 10.5. The highest BCUT2D eigenvalue weighted by Crippen LogP contribution is 2.35. The van der Waals surface area contributed by atoms with E-state index in [0.717, 1.165) is 13.0 Å². The Morgan fingerprint density at radius 2 is 2.00 bits per heavy atom. The summed E-state index contributed by atoms with van der Waals surface area (Å²) in [6.45, 7) is 1.17. The van der Waals surface area contributed by atoms with Crippen LogP contribution in [-0.2, 0) is 4.79 Å². The molecule has 0 spiro atoms. The van der Waals surface area contributed by atoms with Gasteiger partial charge in [0.1, 0.15) is 0 Å². The molecular weight excluding hydrogens is 204 g/mol. The first-order valence-corrected chi connectivity index (χ1v) is 6.30. The van der Waals surface area contributed by atoms with E-state index in [9.17, 15) is 9.90 Å². The van der Waals surface area contributed by atoms with Crippen molar-refractivity contribution < 1.29 is 9.90 Å². The molecule has 0 radical (unpaired) electrons. The zero-order valence-electron chi connectivity index (χ0n) is 10.0. The number of carbonyl (C=O) groups is 1. The quantitative estimate of drug-likeness (QED) is 0.692. The number of aliphatic hydroxyl groups excluding tert-OH is 1. The van der Waals surface area contributed by atoms with Crippen molar-refractivity contribution in [2.24, 2.45) is 0 Å². The molecule has 2 aliphatic heterocycles. The van der Waals surface area contributed by atoms with Crippen LogP contribution >= 0.6 is 0 Å². The van der Waals surface area contributed by atoms with Gasteiger partial charge in [-0.25, -0.2) is 0 Å². The number of hydrogen-bond acceptors (Lipinski definition) is 3. The first-order valence-electron chi connectivity index (χ1n) is 6.30. The highest BCUT2D eigenvalue weighted by Gasteiger charge is 2.37. The fraction of sp³-hybridized carbons (Fsp3) is 0.917. The van der Waals surface area contributed by atoms with E-state index in [1.165, 1.54) is 37.0 Å². The lowest BCUT2D eigenvalue weighted by Crippen LogP contribution is -2.46. The molecule has 0 aliphatic carbocycles. The maximum Gasteiger partial charge on any atom is 0.209 e. The number of aliphatic hydroxyl groups is 1. The lowest BCUT2D eigenvalue weighted by molar-refractivity contribution is -0.118. The van der Waals surface area contributed by atoms with Gasteiger partial charge in [0.25, 0.3) is 0 Å².